The fourth-order valence-electron chi connectivity index (χ4n) is 4.07. The second kappa shape index (κ2) is 9.88. The Morgan fingerprint density at radius 1 is 0.815 bits per heavy atom. The van der Waals surface area contributed by atoms with Gasteiger partial charge in [0.1, 0.15) is 0 Å². The molecule has 2 aliphatic heterocycles. The molecule has 3 rings (SSSR count). The monoisotopic (exact) mass is 371 g/mol. The van der Waals surface area contributed by atoms with E-state index in [-0.39, 0.29) is 5.91 Å². The third-order valence-corrected chi connectivity index (χ3v) is 5.95. The van der Waals surface area contributed by atoms with Gasteiger partial charge >= 0.3 is 0 Å². The van der Waals surface area contributed by atoms with E-state index in [1.807, 2.05) is 21.9 Å². The highest BCUT2D eigenvalue weighted by molar-refractivity contribution is 5.77. The summed E-state index contributed by atoms with van der Waals surface area (Å²) in [7, 11) is 0. The Morgan fingerprint density at radius 2 is 1.44 bits per heavy atom. The first-order valence-corrected chi connectivity index (χ1v) is 10.5. The molecule has 0 spiro atoms. The fourth-order valence-corrected chi connectivity index (χ4v) is 4.07. The fraction of sp³-hybridized carbons (Fsp3) is 0.636. The van der Waals surface area contributed by atoms with Crippen LogP contribution in [0.2, 0.25) is 0 Å². The molecular weight excluding hydrogens is 338 g/mol. The van der Waals surface area contributed by atoms with Crippen LogP contribution in [0.5, 0.6) is 0 Å². The van der Waals surface area contributed by atoms with Crippen molar-refractivity contribution in [2.45, 2.75) is 45.4 Å². The highest BCUT2D eigenvalue weighted by Gasteiger charge is 2.22. The summed E-state index contributed by atoms with van der Waals surface area (Å²) in [6.07, 6.45) is 5.56. The normalized spacial score (nSPS) is 18.6. The Balaban J connectivity index is 1.35. The molecule has 2 aliphatic rings. The minimum absolute atomic E-state index is 0.252. The Hall–Kier alpha value is -1.88. The molecule has 1 aromatic rings. The van der Waals surface area contributed by atoms with E-state index >= 15 is 0 Å². The quantitative estimate of drug-likeness (QED) is 0.772. The van der Waals surface area contributed by atoms with Crippen LogP contribution >= 0.6 is 0 Å². The number of hydrogen-bond donors (Lipinski definition) is 0. The first kappa shape index (κ1) is 19.9. The first-order valence-electron chi connectivity index (χ1n) is 10.5. The Kier molecular flexibility index (Phi) is 7.27. The van der Waals surface area contributed by atoms with Crippen LogP contribution in [0.15, 0.2) is 24.3 Å². The van der Waals surface area contributed by atoms with Crippen LogP contribution in [0, 0.1) is 6.92 Å². The van der Waals surface area contributed by atoms with Crippen LogP contribution in [0.3, 0.4) is 0 Å². The average Bonchev–Trinajstić information content (AvgIpc) is 2.72. The Labute approximate surface area is 163 Å². The van der Waals surface area contributed by atoms with Crippen molar-refractivity contribution in [2.24, 2.45) is 0 Å². The number of aryl methyl sites for hydroxylation is 2. The Bertz CT molecular complexity index is 632. The Morgan fingerprint density at radius 3 is 2.15 bits per heavy atom. The molecule has 2 amide bonds. The number of likely N-dealkylation sites (tertiary alicyclic amines) is 1. The molecule has 0 unspecified atom stereocenters. The van der Waals surface area contributed by atoms with Gasteiger partial charge in [-0.1, -0.05) is 24.3 Å². The molecule has 0 saturated carbocycles. The van der Waals surface area contributed by atoms with Crippen molar-refractivity contribution < 1.29 is 9.59 Å². The van der Waals surface area contributed by atoms with Crippen molar-refractivity contribution >= 4 is 11.8 Å². The van der Waals surface area contributed by atoms with E-state index in [2.05, 4.69) is 24.0 Å². The molecule has 0 atom stereocenters. The number of piperidine rings is 1. The summed E-state index contributed by atoms with van der Waals surface area (Å²) < 4.78 is 0. The molecule has 0 bridgehead atoms. The molecule has 148 valence electrons. The molecule has 0 radical (unpaired) electrons. The molecule has 0 N–H and O–H groups in total. The van der Waals surface area contributed by atoms with Gasteiger partial charge in [0.05, 0.1) is 0 Å². The van der Waals surface area contributed by atoms with Crippen LogP contribution in [-0.2, 0) is 16.0 Å². The van der Waals surface area contributed by atoms with E-state index in [0.29, 0.717) is 18.7 Å². The number of carbonyl (C=O) groups excluding carboxylic acids is 2. The van der Waals surface area contributed by atoms with Crippen molar-refractivity contribution in [3.8, 4) is 0 Å². The van der Waals surface area contributed by atoms with Crippen molar-refractivity contribution in [2.75, 3.05) is 45.8 Å². The van der Waals surface area contributed by atoms with Crippen LogP contribution in [0.25, 0.3) is 0 Å². The van der Waals surface area contributed by atoms with Gasteiger partial charge in [-0.2, -0.15) is 0 Å². The molecule has 5 heteroatoms. The maximum atomic E-state index is 12.5. The lowest BCUT2D eigenvalue weighted by Gasteiger charge is -2.35. The molecule has 5 nitrogen and oxygen atoms in total. The molecule has 0 aromatic heterocycles. The largest absolute Gasteiger partial charge is 0.343 e. The van der Waals surface area contributed by atoms with Gasteiger partial charge in [-0.05, 0) is 43.7 Å². The first-order chi connectivity index (χ1) is 13.1. The number of nitrogens with zero attached hydrogens (tertiary/aromatic N) is 3. The van der Waals surface area contributed by atoms with E-state index in [1.165, 1.54) is 17.5 Å². The van der Waals surface area contributed by atoms with Crippen molar-refractivity contribution in [3.63, 3.8) is 0 Å². The lowest BCUT2D eigenvalue weighted by Crippen LogP contribution is -2.49. The van der Waals surface area contributed by atoms with Gasteiger partial charge in [0.25, 0.3) is 0 Å². The summed E-state index contributed by atoms with van der Waals surface area (Å²) >= 11 is 0. The summed E-state index contributed by atoms with van der Waals surface area (Å²) in [5, 5.41) is 0. The topological polar surface area (TPSA) is 43.9 Å². The predicted molar refractivity (Wildman–Crippen MR) is 108 cm³/mol. The van der Waals surface area contributed by atoms with Crippen LogP contribution in [0.4, 0.5) is 0 Å². The van der Waals surface area contributed by atoms with Crippen molar-refractivity contribution in [3.05, 3.63) is 35.4 Å². The van der Waals surface area contributed by atoms with Crippen LogP contribution in [-0.4, -0.2) is 72.3 Å². The number of piperazine rings is 1. The zero-order valence-corrected chi connectivity index (χ0v) is 16.7. The second-order valence-electron chi connectivity index (χ2n) is 7.84. The summed E-state index contributed by atoms with van der Waals surface area (Å²) in [6.45, 7) is 8.11. The zero-order chi connectivity index (χ0) is 19.1. The summed E-state index contributed by atoms with van der Waals surface area (Å²) in [6, 6.07) is 8.29. The summed E-state index contributed by atoms with van der Waals surface area (Å²) in [5.41, 5.74) is 2.52. The van der Waals surface area contributed by atoms with Gasteiger partial charge in [-0.3, -0.25) is 14.5 Å². The lowest BCUT2D eigenvalue weighted by molar-refractivity contribution is -0.135. The third-order valence-electron chi connectivity index (χ3n) is 5.95. The van der Waals surface area contributed by atoms with E-state index in [9.17, 15) is 9.59 Å². The smallest absolute Gasteiger partial charge is 0.223 e. The number of benzene rings is 1. The van der Waals surface area contributed by atoms with E-state index in [4.69, 9.17) is 0 Å². The molecule has 27 heavy (non-hydrogen) atoms. The van der Waals surface area contributed by atoms with E-state index in [1.54, 1.807) is 0 Å². The number of hydrogen-bond acceptors (Lipinski definition) is 3. The van der Waals surface area contributed by atoms with E-state index in [0.717, 1.165) is 65.1 Å². The summed E-state index contributed by atoms with van der Waals surface area (Å²) in [4.78, 5) is 31.1. The molecule has 1 aromatic carbocycles. The SMILES string of the molecule is Cc1ccccc1CCC(=O)N1CCN(CCC(=O)N2CCCCC2)CC1. The van der Waals surface area contributed by atoms with E-state index < -0.39 is 0 Å². The summed E-state index contributed by atoms with van der Waals surface area (Å²) in [5.74, 6) is 0.550. The third kappa shape index (κ3) is 5.80. The van der Waals surface area contributed by atoms with Gasteiger partial charge in [0.15, 0.2) is 0 Å². The lowest BCUT2D eigenvalue weighted by atomic mass is 10.0. The zero-order valence-electron chi connectivity index (χ0n) is 16.7. The number of amides is 2. The molecular formula is C22H33N3O2. The van der Waals surface area contributed by atoms with Crippen LogP contribution < -0.4 is 0 Å². The van der Waals surface area contributed by atoms with Gasteiger partial charge in [-0.15, -0.1) is 0 Å². The van der Waals surface area contributed by atoms with Crippen molar-refractivity contribution in [1.29, 1.82) is 0 Å². The van der Waals surface area contributed by atoms with Crippen molar-refractivity contribution in [1.82, 2.24) is 14.7 Å². The van der Waals surface area contributed by atoms with Gasteiger partial charge in [-0.25, -0.2) is 0 Å². The number of carbonyl (C=O) groups is 2. The molecule has 2 saturated heterocycles. The minimum atomic E-state index is 0.252. The van der Waals surface area contributed by atoms with Gasteiger partial charge < -0.3 is 9.80 Å². The molecule has 2 heterocycles. The highest BCUT2D eigenvalue weighted by atomic mass is 16.2. The maximum absolute atomic E-state index is 12.5. The molecule has 0 aliphatic carbocycles. The highest BCUT2D eigenvalue weighted by Crippen LogP contribution is 2.13. The van der Waals surface area contributed by atoms with Crippen LogP contribution in [0.1, 0.15) is 43.2 Å². The van der Waals surface area contributed by atoms with Gasteiger partial charge in [0.2, 0.25) is 11.8 Å². The standard InChI is InChI=1S/C22H33N3O2/c1-19-7-3-4-8-20(19)9-10-21(26)25-17-15-23(16-18-25)14-11-22(27)24-12-5-2-6-13-24/h3-4,7-8H,2,5-6,9-18H2,1H3. The maximum Gasteiger partial charge on any atom is 0.223 e. The van der Waals surface area contributed by atoms with Gasteiger partial charge in [0, 0.05) is 58.7 Å². The molecule has 2 fully saturated rings. The minimum Gasteiger partial charge on any atom is -0.343 e. The second-order valence-corrected chi connectivity index (χ2v) is 7.84. The average molecular weight is 372 g/mol. The predicted octanol–water partition coefficient (Wildman–Crippen LogP) is 2.47. The number of rotatable bonds is 6.